The molecule has 0 aromatic carbocycles. The van der Waals surface area contributed by atoms with Crippen LogP contribution >= 0.6 is 0 Å². The molecule has 0 unspecified atom stereocenters. The summed E-state index contributed by atoms with van der Waals surface area (Å²) in [5, 5.41) is 0. The van der Waals surface area contributed by atoms with Gasteiger partial charge in [-0.3, -0.25) is 4.79 Å². The molecule has 0 fully saturated rings. The van der Waals surface area contributed by atoms with Crippen LogP contribution in [0.4, 0.5) is 13.2 Å². The Morgan fingerprint density at radius 3 is 2.55 bits per heavy atom. The second-order valence-electron chi connectivity index (χ2n) is 3.77. The fraction of sp³-hybridized carbons (Fsp3) is 0.500. The smallest absolute Gasteiger partial charge is 0.495 e. The first kappa shape index (κ1) is 16.1. The Kier molecular flexibility index (Phi) is 5.18. The van der Waals surface area contributed by atoms with Gasteiger partial charge in [-0.05, 0) is 19.9 Å². The molecule has 0 spiro atoms. The van der Waals surface area contributed by atoms with Crippen LogP contribution in [0.5, 0.6) is 11.6 Å². The molecule has 5 nitrogen and oxygen atoms in total. The molecule has 0 radical (unpaired) electrons. The van der Waals surface area contributed by atoms with Gasteiger partial charge >= 0.3 is 12.3 Å². The molecule has 0 aliphatic heterocycles. The van der Waals surface area contributed by atoms with Crippen molar-refractivity contribution in [2.45, 2.75) is 26.6 Å². The Morgan fingerprint density at radius 1 is 1.40 bits per heavy atom. The molecule has 112 valence electrons. The molecular formula is C12H14F3NO4. The van der Waals surface area contributed by atoms with E-state index in [4.69, 9.17) is 9.47 Å². The minimum Gasteiger partial charge on any atom is -0.495 e. The number of ether oxygens (including phenoxy) is 3. The van der Waals surface area contributed by atoms with E-state index in [1.807, 2.05) is 0 Å². The summed E-state index contributed by atoms with van der Waals surface area (Å²) in [6.07, 6.45) is -5.28. The van der Waals surface area contributed by atoms with Crippen LogP contribution in [-0.2, 0) is 16.0 Å². The van der Waals surface area contributed by atoms with Gasteiger partial charge in [0, 0.05) is 5.56 Å². The Morgan fingerprint density at radius 2 is 2.05 bits per heavy atom. The summed E-state index contributed by atoms with van der Waals surface area (Å²) in [5.74, 6) is -1.09. The number of methoxy groups -OCH3 is 1. The van der Waals surface area contributed by atoms with Crippen molar-refractivity contribution in [2.24, 2.45) is 0 Å². The quantitative estimate of drug-likeness (QED) is 0.780. The molecule has 0 N–H and O–H groups in total. The number of nitrogens with zero attached hydrogens (tertiary/aromatic N) is 1. The van der Waals surface area contributed by atoms with Gasteiger partial charge in [0.1, 0.15) is 5.75 Å². The summed E-state index contributed by atoms with van der Waals surface area (Å²) < 4.78 is 50.4. The molecule has 0 atom stereocenters. The molecule has 8 heteroatoms. The van der Waals surface area contributed by atoms with Crippen LogP contribution in [0.3, 0.4) is 0 Å². The third-order valence-electron chi connectivity index (χ3n) is 2.28. The molecule has 1 heterocycles. The molecule has 20 heavy (non-hydrogen) atoms. The van der Waals surface area contributed by atoms with Crippen molar-refractivity contribution in [3.8, 4) is 11.6 Å². The van der Waals surface area contributed by atoms with Gasteiger partial charge in [0.25, 0.3) is 0 Å². The second kappa shape index (κ2) is 6.44. The van der Waals surface area contributed by atoms with Crippen molar-refractivity contribution >= 4 is 5.97 Å². The largest absolute Gasteiger partial charge is 0.574 e. The minimum atomic E-state index is -4.89. The van der Waals surface area contributed by atoms with Gasteiger partial charge in [0.2, 0.25) is 5.88 Å². The molecule has 0 aliphatic rings. The van der Waals surface area contributed by atoms with Crippen LogP contribution in [0.25, 0.3) is 0 Å². The fourth-order valence-electron chi connectivity index (χ4n) is 1.50. The lowest BCUT2D eigenvalue weighted by Crippen LogP contribution is -2.20. The van der Waals surface area contributed by atoms with Gasteiger partial charge in [-0.15, -0.1) is 13.2 Å². The molecule has 0 amide bonds. The summed E-state index contributed by atoms with van der Waals surface area (Å²) >= 11 is 0. The zero-order valence-corrected chi connectivity index (χ0v) is 11.2. The first-order valence-electron chi connectivity index (χ1n) is 5.72. The summed E-state index contributed by atoms with van der Waals surface area (Å²) in [6, 6.07) is 1.28. The standard InChI is InChI=1S/C12H14F3NO4/c1-4-19-10(17)6-8-5-9(18-3)7(2)16-11(8)20-12(13,14)15/h5H,4,6H2,1-3H3. The summed E-state index contributed by atoms with van der Waals surface area (Å²) in [5.41, 5.74) is 0.169. The van der Waals surface area contributed by atoms with E-state index in [-0.39, 0.29) is 30.0 Å². The average molecular weight is 293 g/mol. The highest BCUT2D eigenvalue weighted by Crippen LogP contribution is 2.29. The number of hydrogen-bond acceptors (Lipinski definition) is 5. The number of carbonyl (C=O) groups is 1. The third kappa shape index (κ3) is 4.60. The predicted molar refractivity (Wildman–Crippen MR) is 62.5 cm³/mol. The Labute approximate surface area is 113 Å². The second-order valence-corrected chi connectivity index (χ2v) is 3.77. The highest BCUT2D eigenvalue weighted by Gasteiger charge is 2.33. The average Bonchev–Trinajstić information content (AvgIpc) is 2.30. The lowest BCUT2D eigenvalue weighted by molar-refractivity contribution is -0.276. The highest BCUT2D eigenvalue weighted by molar-refractivity contribution is 5.73. The third-order valence-corrected chi connectivity index (χ3v) is 2.28. The van der Waals surface area contributed by atoms with Gasteiger partial charge in [-0.1, -0.05) is 0 Å². The zero-order chi connectivity index (χ0) is 15.3. The first-order valence-corrected chi connectivity index (χ1v) is 5.72. The lowest BCUT2D eigenvalue weighted by Gasteiger charge is -2.14. The van der Waals surface area contributed by atoms with E-state index in [9.17, 15) is 18.0 Å². The highest BCUT2D eigenvalue weighted by atomic mass is 19.4. The molecule has 0 aliphatic carbocycles. The SMILES string of the molecule is CCOC(=O)Cc1cc(OC)c(C)nc1OC(F)(F)F. The van der Waals surface area contributed by atoms with Gasteiger partial charge in [-0.2, -0.15) is 0 Å². The maximum atomic E-state index is 12.3. The molecule has 0 saturated heterocycles. The summed E-state index contributed by atoms with van der Waals surface area (Å²) in [4.78, 5) is 15.1. The Bertz CT molecular complexity index is 488. The van der Waals surface area contributed by atoms with Gasteiger partial charge in [0.15, 0.2) is 0 Å². The lowest BCUT2D eigenvalue weighted by atomic mass is 10.1. The fourth-order valence-corrected chi connectivity index (χ4v) is 1.50. The topological polar surface area (TPSA) is 57.7 Å². The van der Waals surface area contributed by atoms with Gasteiger partial charge in [-0.25, -0.2) is 4.98 Å². The van der Waals surface area contributed by atoms with Crippen LogP contribution in [0.15, 0.2) is 6.07 Å². The normalized spacial score (nSPS) is 11.1. The molecule has 0 bridgehead atoms. The van der Waals surface area contributed by atoms with E-state index in [1.165, 1.54) is 20.1 Å². The van der Waals surface area contributed by atoms with Crippen molar-refractivity contribution in [1.82, 2.24) is 4.98 Å². The minimum absolute atomic E-state index is 0.0526. The molecule has 1 aromatic heterocycles. The number of pyridine rings is 1. The number of aromatic nitrogens is 1. The number of aryl methyl sites for hydroxylation is 1. The Balaban J connectivity index is 3.12. The van der Waals surface area contributed by atoms with Crippen molar-refractivity contribution in [3.05, 3.63) is 17.3 Å². The summed E-state index contributed by atoms with van der Waals surface area (Å²) in [7, 11) is 1.35. The number of halogens is 3. The monoisotopic (exact) mass is 293 g/mol. The van der Waals surface area contributed by atoms with Gasteiger partial charge in [0.05, 0.1) is 25.8 Å². The van der Waals surface area contributed by atoms with Crippen LogP contribution < -0.4 is 9.47 Å². The predicted octanol–water partition coefficient (Wildman–Crippen LogP) is 2.40. The van der Waals surface area contributed by atoms with E-state index < -0.39 is 18.2 Å². The maximum absolute atomic E-state index is 12.3. The molecule has 1 rings (SSSR count). The number of hydrogen-bond donors (Lipinski definition) is 0. The zero-order valence-electron chi connectivity index (χ0n) is 11.2. The van der Waals surface area contributed by atoms with Crippen LogP contribution in [0.1, 0.15) is 18.2 Å². The van der Waals surface area contributed by atoms with Crippen LogP contribution in [-0.4, -0.2) is 31.0 Å². The Hall–Kier alpha value is -1.99. The molecule has 1 aromatic rings. The van der Waals surface area contributed by atoms with E-state index in [1.54, 1.807) is 6.92 Å². The molecular weight excluding hydrogens is 279 g/mol. The van der Waals surface area contributed by atoms with E-state index in [0.717, 1.165) is 0 Å². The van der Waals surface area contributed by atoms with Crippen molar-refractivity contribution in [2.75, 3.05) is 13.7 Å². The van der Waals surface area contributed by atoms with Gasteiger partial charge < -0.3 is 14.2 Å². The number of carbonyl (C=O) groups excluding carboxylic acids is 1. The number of rotatable bonds is 5. The van der Waals surface area contributed by atoms with E-state index in [2.05, 4.69) is 9.72 Å². The first-order chi connectivity index (χ1) is 9.26. The van der Waals surface area contributed by atoms with Crippen LogP contribution in [0, 0.1) is 6.92 Å². The summed E-state index contributed by atoms with van der Waals surface area (Å²) in [6.45, 7) is 3.19. The van der Waals surface area contributed by atoms with Crippen molar-refractivity contribution in [1.29, 1.82) is 0 Å². The van der Waals surface area contributed by atoms with E-state index >= 15 is 0 Å². The van der Waals surface area contributed by atoms with Crippen molar-refractivity contribution < 1.29 is 32.2 Å². The van der Waals surface area contributed by atoms with E-state index in [0.29, 0.717) is 0 Å². The number of alkyl halides is 3. The number of esters is 1. The molecule has 0 saturated carbocycles. The van der Waals surface area contributed by atoms with Crippen molar-refractivity contribution in [3.63, 3.8) is 0 Å². The van der Waals surface area contributed by atoms with Crippen LogP contribution in [0.2, 0.25) is 0 Å². The maximum Gasteiger partial charge on any atom is 0.574 e.